The normalized spacial score (nSPS) is 11.0. The maximum atomic E-state index is 11.9. The van der Waals surface area contributed by atoms with Gasteiger partial charge in [-0.05, 0) is 42.8 Å². The molecule has 4 rings (SSSR count). The second-order valence-corrected chi connectivity index (χ2v) is 6.41. The Morgan fingerprint density at radius 1 is 0.964 bits per heavy atom. The van der Waals surface area contributed by atoms with Gasteiger partial charge in [0.25, 0.3) is 0 Å². The summed E-state index contributed by atoms with van der Waals surface area (Å²) in [6.45, 7) is 1.39. The predicted molar refractivity (Wildman–Crippen MR) is 101 cm³/mol. The number of ketones is 1. The zero-order chi connectivity index (χ0) is 20.0. The fourth-order valence-electron chi connectivity index (χ4n) is 3.30. The Balaban J connectivity index is 2.22. The van der Waals surface area contributed by atoms with E-state index in [-0.39, 0.29) is 33.9 Å². The van der Waals surface area contributed by atoms with Crippen LogP contribution in [-0.2, 0) is 0 Å². The summed E-state index contributed by atoms with van der Waals surface area (Å²) in [6, 6.07) is 12.7. The number of rotatable bonds is 3. The highest BCUT2D eigenvalue weighted by Crippen LogP contribution is 2.42. The summed E-state index contributed by atoms with van der Waals surface area (Å²) in [5.74, 6) is -1.43. The van der Waals surface area contributed by atoms with Crippen molar-refractivity contribution in [2.45, 2.75) is 6.92 Å². The molecule has 0 saturated heterocycles. The number of carboxylic acid groups (broad SMARTS) is 1. The van der Waals surface area contributed by atoms with Crippen LogP contribution in [0.1, 0.15) is 27.6 Å². The smallest absolute Gasteiger partial charge is 0.336 e. The molecule has 1 N–H and O–H groups in total. The minimum absolute atomic E-state index is 0.00352. The predicted octanol–water partition coefficient (Wildman–Crippen LogP) is 3.54. The molecule has 1 aliphatic carbocycles. The Bertz CT molecular complexity index is 1300. The van der Waals surface area contributed by atoms with Crippen LogP contribution in [0.3, 0.4) is 0 Å². The Morgan fingerprint density at radius 2 is 1.75 bits per heavy atom. The van der Waals surface area contributed by atoms with Crippen LogP contribution in [0.4, 0.5) is 0 Å². The van der Waals surface area contributed by atoms with E-state index in [2.05, 4.69) is 0 Å². The SMILES string of the molecule is CC(=O)c1ccc(C(=O)O)c(-c2c3ccc(=O)cc-3oc3cc([O-])ccc23)c1. The Labute approximate surface area is 158 Å². The average Bonchev–Trinajstić information content (AvgIpc) is 2.65. The number of carbonyl (C=O) groups excluding carboxylic acids is 1. The van der Waals surface area contributed by atoms with Crippen molar-refractivity contribution in [1.29, 1.82) is 0 Å². The zero-order valence-corrected chi connectivity index (χ0v) is 14.7. The van der Waals surface area contributed by atoms with Crippen molar-refractivity contribution < 1.29 is 24.2 Å². The molecule has 0 unspecified atom stereocenters. The lowest BCUT2D eigenvalue weighted by molar-refractivity contribution is -0.268. The van der Waals surface area contributed by atoms with E-state index >= 15 is 0 Å². The molecule has 0 atom stereocenters. The van der Waals surface area contributed by atoms with Crippen molar-refractivity contribution in [3.8, 4) is 28.2 Å². The summed E-state index contributed by atoms with van der Waals surface area (Å²) in [5, 5.41) is 22.0. The third-order valence-corrected chi connectivity index (χ3v) is 4.59. The number of aromatic carboxylic acids is 1. The topological polar surface area (TPSA) is 108 Å². The highest BCUT2D eigenvalue weighted by molar-refractivity contribution is 6.09. The molecule has 0 saturated carbocycles. The van der Waals surface area contributed by atoms with Crippen molar-refractivity contribution >= 4 is 22.7 Å². The number of fused-ring (bicyclic) bond motifs is 2. The van der Waals surface area contributed by atoms with Crippen LogP contribution in [-0.4, -0.2) is 16.9 Å². The Kier molecular flexibility index (Phi) is 3.96. The summed E-state index contributed by atoms with van der Waals surface area (Å²) < 4.78 is 5.73. The van der Waals surface area contributed by atoms with Gasteiger partial charge in [0, 0.05) is 28.1 Å². The summed E-state index contributed by atoms with van der Waals surface area (Å²) in [7, 11) is 0. The second-order valence-electron chi connectivity index (χ2n) is 6.41. The van der Waals surface area contributed by atoms with Crippen LogP contribution in [0, 0.1) is 0 Å². The van der Waals surface area contributed by atoms with Gasteiger partial charge in [0.15, 0.2) is 11.2 Å². The fraction of sp³-hybridized carbons (Fsp3) is 0.0455. The molecule has 0 spiro atoms. The van der Waals surface area contributed by atoms with Gasteiger partial charge in [0.05, 0.1) is 5.56 Å². The molecule has 0 amide bonds. The molecule has 28 heavy (non-hydrogen) atoms. The molecule has 138 valence electrons. The number of carboxylic acids is 1. The third-order valence-electron chi connectivity index (χ3n) is 4.59. The van der Waals surface area contributed by atoms with Gasteiger partial charge >= 0.3 is 5.97 Å². The van der Waals surface area contributed by atoms with Crippen LogP contribution in [0.25, 0.3) is 33.4 Å². The molecule has 2 aromatic rings. The lowest BCUT2D eigenvalue weighted by Crippen LogP contribution is -2.05. The second kappa shape index (κ2) is 6.35. The Morgan fingerprint density at radius 3 is 2.46 bits per heavy atom. The van der Waals surface area contributed by atoms with Crippen LogP contribution >= 0.6 is 0 Å². The Hall–Kier alpha value is -3.93. The fourth-order valence-corrected chi connectivity index (χ4v) is 3.30. The quantitative estimate of drug-likeness (QED) is 0.435. The maximum Gasteiger partial charge on any atom is 0.336 e. The summed E-state index contributed by atoms with van der Waals surface area (Å²) in [4.78, 5) is 35.5. The molecule has 1 aliphatic heterocycles. The van der Waals surface area contributed by atoms with Crippen molar-refractivity contribution in [3.05, 3.63) is 75.9 Å². The number of hydrogen-bond donors (Lipinski definition) is 1. The van der Waals surface area contributed by atoms with E-state index in [1.165, 1.54) is 49.4 Å². The van der Waals surface area contributed by atoms with Gasteiger partial charge in [-0.3, -0.25) is 9.59 Å². The first-order chi connectivity index (χ1) is 13.3. The molecule has 0 fully saturated rings. The number of hydrogen-bond acceptors (Lipinski definition) is 5. The highest BCUT2D eigenvalue weighted by Gasteiger charge is 2.22. The molecule has 2 aliphatic rings. The first-order valence-corrected chi connectivity index (χ1v) is 8.41. The van der Waals surface area contributed by atoms with E-state index in [1.807, 2.05) is 0 Å². The lowest BCUT2D eigenvalue weighted by Gasteiger charge is -2.18. The van der Waals surface area contributed by atoms with Gasteiger partial charge in [-0.2, -0.15) is 0 Å². The first-order valence-electron chi connectivity index (χ1n) is 8.41. The molecular formula is C22H13O6-. The molecular weight excluding hydrogens is 360 g/mol. The highest BCUT2D eigenvalue weighted by atomic mass is 16.4. The van der Waals surface area contributed by atoms with Crippen molar-refractivity contribution in [3.63, 3.8) is 0 Å². The third kappa shape index (κ3) is 2.81. The standard InChI is InChI=1S/C22H14O6/c1-11(23)12-2-5-15(22(26)27)18(8-12)21-16-6-3-13(24)9-19(16)28-20-10-14(25)4-7-17(20)21/h2-10,24H,1H3,(H,26,27)/p-1. The summed E-state index contributed by atoms with van der Waals surface area (Å²) in [6.07, 6.45) is 0. The molecule has 0 bridgehead atoms. The molecule has 6 nitrogen and oxygen atoms in total. The van der Waals surface area contributed by atoms with Gasteiger partial charge in [-0.1, -0.05) is 18.2 Å². The van der Waals surface area contributed by atoms with E-state index in [9.17, 15) is 24.6 Å². The van der Waals surface area contributed by atoms with Gasteiger partial charge in [-0.15, -0.1) is 5.75 Å². The van der Waals surface area contributed by atoms with E-state index in [4.69, 9.17) is 4.42 Å². The van der Waals surface area contributed by atoms with Crippen LogP contribution in [0.2, 0.25) is 0 Å². The number of carbonyl (C=O) groups is 2. The molecule has 2 aromatic carbocycles. The largest absolute Gasteiger partial charge is 0.872 e. The molecule has 1 heterocycles. The van der Waals surface area contributed by atoms with Crippen molar-refractivity contribution in [2.75, 3.05) is 0 Å². The minimum atomic E-state index is -1.16. The van der Waals surface area contributed by atoms with Crippen molar-refractivity contribution in [2.24, 2.45) is 0 Å². The number of benzene rings is 3. The van der Waals surface area contributed by atoms with Gasteiger partial charge in [0.2, 0.25) is 0 Å². The molecule has 6 heteroatoms. The average molecular weight is 373 g/mol. The van der Waals surface area contributed by atoms with Crippen LogP contribution < -0.4 is 10.5 Å². The summed E-state index contributed by atoms with van der Waals surface area (Å²) in [5.41, 5.74) is 1.59. The van der Waals surface area contributed by atoms with E-state index < -0.39 is 5.97 Å². The first kappa shape index (κ1) is 17.5. The van der Waals surface area contributed by atoms with E-state index in [0.717, 1.165) is 0 Å². The maximum absolute atomic E-state index is 11.9. The molecule has 0 radical (unpaired) electrons. The van der Waals surface area contributed by atoms with Gasteiger partial charge < -0.3 is 14.6 Å². The lowest BCUT2D eigenvalue weighted by atomic mass is 9.89. The van der Waals surface area contributed by atoms with Crippen LogP contribution in [0.5, 0.6) is 5.75 Å². The van der Waals surface area contributed by atoms with Gasteiger partial charge in [-0.25, -0.2) is 4.79 Å². The zero-order valence-electron chi connectivity index (χ0n) is 14.7. The van der Waals surface area contributed by atoms with E-state index in [1.54, 1.807) is 12.1 Å². The van der Waals surface area contributed by atoms with Crippen molar-refractivity contribution in [1.82, 2.24) is 0 Å². The monoisotopic (exact) mass is 373 g/mol. The van der Waals surface area contributed by atoms with Crippen LogP contribution in [0.15, 0.2) is 63.8 Å². The number of Topliss-reactive ketones (excluding diaryl/α,β-unsaturated/α-hetero) is 1. The van der Waals surface area contributed by atoms with Gasteiger partial charge in [0.1, 0.15) is 11.3 Å². The van der Waals surface area contributed by atoms with E-state index in [0.29, 0.717) is 27.6 Å². The molecule has 0 aromatic heterocycles. The summed E-state index contributed by atoms with van der Waals surface area (Å²) >= 11 is 0. The minimum Gasteiger partial charge on any atom is -0.872 e.